The van der Waals surface area contributed by atoms with E-state index in [1.807, 2.05) is 19.1 Å². The number of carbonyl (C=O) groups is 1. The van der Waals surface area contributed by atoms with Crippen LogP contribution in [0.25, 0.3) is 0 Å². The van der Waals surface area contributed by atoms with Crippen LogP contribution in [0.2, 0.25) is 0 Å². The smallest absolute Gasteiger partial charge is 0.228 e. The van der Waals surface area contributed by atoms with E-state index in [1.165, 1.54) is 0 Å². The van der Waals surface area contributed by atoms with Gasteiger partial charge < -0.3 is 20.1 Å². The zero-order valence-electron chi connectivity index (χ0n) is 11.8. The largest absolute Gasteiger partial charge is 0.493 e. The van der Waals surface area contributed by atoms with Crippen LogP contribution in [-0.2, 0) is 4.79 Å². The number of halogens is 1. The summed E-state index contributed by atoms with van der Waals surface area (Å²) in [6.45, 7) is 4.16. The molecule has 1 fully saturated rings. The summed E-state index contributed by atoms with van der Waals surface area (Å²) in [6.07, 6.45) is 0.889. The van der Waals surface area contributed by atoms with Gasteiger partial charge in [-0.05, 0) is 32.0 Å². The Balaban J connectivity index is 0.00000200. The standard InChI is InChI=1S/C14H20N2O3.ClH/c1-3-19-12-5-4-11(8-13(12)18-2)16-14(17)10-6-7-15-9-10;/h4-5,8,10,15H,3,6-7,9H2,1-2H3,(H,16,17);1H. The molecule has 1 aromatic rings. The van der Waals surface area contributed by atoms with Crippen molar-refractivity contribution in [3.05, 3.63) is 18.2 Å². The Labute approximate surface area is 125 Å². The van der Waals surface area contributed by atoms with Crippen LogP contribution >= 0.6 is 12.4 Å². The first-order valence-corrected chi connectivity index (χ1v) is 6.57. The molecule has 112 valence electrons. The molecule has 20 heavy (non-hydrogen) atoms. The fraction of sp³-hybridized carbons (Fsp3) is 0.500. The van der Waals surface area contributed by atoms with Gasteiger partial charge in [-0.2, -0.15) is 0 Å². The molecule has 0 bridgehead atoms. The molecule has 0 saturated carbocycles. The van der Waals surface area contributed by atoms with Crippen LogP contribution in [0.5, 0.6) is 11.5 Å². The number of methoxy groups -OCH3 is 1. The molecule has 5 nitrogen and oxygen atoms in total. The van der Waals surface area contributed by atoms with E-state index in [0.717, 1.165) is 25.2 Å². The Bertz CT molecular complexity index is 448. The van der Waals surface area contributed by atoms with Crippen LogP contribution in [0.15, 0.2) is 18.2 Å². The lowest BCUT2D eigenvalue weighted by atomic mass is 10.1. The van der Waals surface area contributed by atoms with Gasteiger partial charge in [-0.1, -0.05) is 0 Å². The Morgan fingerprint density at radius 2 is 2.25 bits per heavy atom. The number of hydrogen-bond donors (Lipinski definition) is 2. The first-order valence-electron chi connectivity index (χ1n) is 6.57. The molecule has 1 aliphatic heterocycles. The van der Waals surface area contributed by atoms with E-state index in [9.17, 15) is 4.79 Å². The summed E-state index contributed by atoms with van der Waals surface area (Å²) in [6, 6.07) is 5.42. The number of nitrogens with one attached hydrogen (secondary N) is 2. The second-order valence-corrected chi connectivity index (χ2v) is 4.48. The third kappa shape index (κ3) is 4.02. The molecular formula is C14H21ClN2O3. The van der Waals surface area contributed by atoms with Gasteiger partial charge in [0.05, 0.1) is 19.6 Å². The van der Waals surface area contributed by atoms with E-state index in [1.54, 1.807) is 13.2 Å². The van der Waals surface area contributed by atoms with Crippen molar-refractivity contribution in [1.29, 1.82) is 0 Å². The molecule has 0 radical (unpaired) electrons. The van der Waals surface area contributed by atoms with Crippen molar-refractivity contribution in [1.82, 2.24) is 5.32 Å². The second-order valence-electron chi connectivity index (χ2n) is 4.48. The number of amides is 1. The lowest BCUT2D eigenvalue weighted by Crippen LogP contribution is -2.24. The van der Waals surface area contributed by atoms with Gasteiger partial charge in [0.25, 0.3) is 0 Å². The lowest BCUT2D eigenvalue weighted by molar-refractivity contribution is -0.119. The zero-order chi connectivity index (χ0) is 13.7. The first kappa shape index (κ1) is 16.6. The minimum Gasteiger partial charge on any atom is -0.493 e. The topological polar surface area (TPSA) is 59.6 Å². The fourth-order valence-corrected chi connectivity index (χ4v) is 2.14. The molecule has 1 saturated heterocycles. The predicted octanol–water partition coefficient (Wildman–Crippen LogP) is 2.06. The second kappa shape index (κ2) is 7.97. The molecule has 1 atom stereocenters. The molecule has 2 N–H and O–H groups in total. The first-order chi connectivity index (χ1) is 9.24. The van der Waals surface area contributed by atoms with Gasteiger partial charge in [0.2, 0.25) is 5.91 Å². The van der Waals surface area contributed by atoms with Gasteiger partial charge in [0.15, 0.2) is 11.5 Å². The summed E-state index contributed by atoms with van der Waals surface area (Å²) in [7, 11) is 1.59. The van der Waals surface area contributed by atoms with Gasteiger partial charge in [-0.3, -0.25) is 4.79 Å². The van der Waals surface area contributed by atoms with Gasteiger partial charge in [-0.25, -0.2) is 0 Å². The van der Waals surface area contributed by atoms with E-state index < -0.39 is 0 Å². The van der Waals surface area contributed by atoms with Gasteiger partial charge in [-0.15, -0.1) is 12.4 Å². The summed E-state index contributed by atoms with van der Waals surface area (Å²) in [5, 5.41) is 6.10. The molecule has 0 spiro atoms. The predicted molar refractivity (Wildman–Crippen MR) is 81.0 cm³/mol. The highest BCUT2D eigenvalue weighted by atomic mass is 35.5. The quantitative estimate of drug-likeness (QED) is 0.874. The highest BCUT2D eigenvalue weighted by Crippen LogP contribution is 2.30. The van der Waals surface area contributed by atoms with Crippen molar-refractivity contribution in [2.24, 2.45) is 5.92 Å². The zero-order valence-corrected chi connectivity index (χ0v) is 12.6. The Hall–Kier alpha value is -1.46. The molecule has 0 aromatic heterocycles. The summed E-state index contributed by atoms with van der Waals surface area (Å²) in [4.78, 5) is 12.0. The van der Waals surface area contributed by atoms with E-state index in [-0.39, 0.29) is 24.2 Å². The maximum Gasteiger partial charge on any atom is 0.228 e. The van der Waals surface area contributed by atoms with Crippen LogP contribution in [0.1, 0.15) is 13.3 Å². The van der Waals surface area contributed by atoms with Crippen molar-refractivity contribution in [3.63, 3.8) is 0 Å². The average Bonchev–Trinajstić information content (AvgIpc) is 2.94. The monoisotopic (exact) mass is 300 g/mol. The molecule has 1 amide bonds. The minimum atomic E-state index is 0. The van der Waals surface area contributed by atoms with Gasteiger partial charge >= 0.3 is 0 Å². The van der Waals surface area contributed by atoms with E-state index >= 15 is 0 Å². The third-order valence-corrected chi connectivity index (χ3v) is 3.16. The Morgan fingerprint density at radius 1 is 1.45 bits per heavy atom. The summed E-state index contributed by atoms with van der Waals surface area (Å²) in [5.41, 5.74) is 0.734. The maximum absolute atomic E-state index is 12.0. The summed E-state index contributed by atoms with van der Waals surface area (Å²) >= 11 is 0. The fourth-order valence-electron chi connectivity index (χ4n) is 2.14. The number of anilines is 1. The Kier molecular flexibility index (Phi) is 6.61. The van der Waals surface area contributed by atoms with Crippen molar-refractivity contribution >= 4 is 24.0 Å². The molecule has 1 aliphatic rings. The Morgan fingerprint density at radius 3 is 2.85 bits per heavy atom. The SMILES string of the molecule is CCOc1ccc(NC(=O)C2CCNC2)cc1OC.Cl. The van der Waals surface area contributed by atoms with Crippen molar-refractivity contribution in [2.45, 2.75) is 13.3 Å². The molecule has 1 unspecified atom stereocenters. The number of rotatable bonds is 5. The number of benzene rings is 1. The van der Waals surface area contributed by atoms with Crippen LogP contribution in [-0.4, -0.2) is 32.7 Å². The molecule has 2 rings (SSSR count). The van der Waals surface area contributed by atoms with Crippen LogP contribution in [0.3, 0.4) is 0 Å². The van der Waals surface area contributed by atoms with E-state index in [0.29, 0.717) is 18.1 Å². The summed E-state index contributed by atoms with van der Waals surface area (Å²) < 4.78 is 10.7. The maximum atomic E-state index is 12.0. The van der Waals surface area contributed by atoms with Crippen LogP contribution < -0.4 is 20.1 Å². The van der Waals surface area contributed by atoms with Crippen molar-refractivity contribution < 1.29 is 14.3 Å². The summed E-state index contributed by atoms with van der Waals surface area (Å²) in [5.74, 6) is 1.42. The van der Waals surface area contributed by atoms with Gasteiger partial charge in [0.1, 0.15) is 0 Å². The number of ether oxygens (including phenoxy) is 2. The van der Waals surface area contributed by atoms with Crippen LogP contribution in [0, 0.1) is 5.92 Å². The van der Waals surface area contributed by atoms with Crippen molar-refractivity contribution in [2.75, 3.05) is 32.1 Å². The number of hydrogen-bond acceptors (Lipinski definition) is 4. The molecule has 6 heteroatoms. The minimum absolute atomic E-state index is 0. The molecule has 0 aliphatic carbocycles. The van der Waals surface area contributed by atoms with E-state index in [4.69, 9.17) is 9.47 Å². The molecule has 1 aromatic carbocycles. The lowest BCUT2D eigenvalue weighted by Gasteiger charge is -2.13. The molecular weight excluding hydrogens is 280 g/mol. The third-order valence-electron chi connectivity index (χ3n) is 3.16. The normalized spacial score (nSPS) is 17.2. The highest BCUT2D eigenvalue weighted by Gasteiger charge is 2.22. The highest BCUT2D eigenvalue weighted by molar-refractivity contribution is 5.93. The van der Waals surface area contributed by atoms with Crippen LogP contribution in [0.4, 0.5) is 5.69 Å². The van der Waals surface area contributed by atoms with Gasteiger partial charge in [0, 0.05) is 18.3 Å². The van der Waals surface area contributed by atoms with E-state index in [2.05, 4.69) is 10.6 Å². The average molecular weight is 301 g/mol. The molecule has 1 heterocycles. The number of carbonyl (C=O) groups excluding carboxylic acids is 1. The van der Waals surface area contributed by atoms with Crippen molar-refractivity contribution in [3.8, 4) is 11.5 Å².